The Morgan fingerprint density at radius 1 is 1.04 bits per heavy atom. The van der Waals surface area contributed by atoms with Gasteiger partial charge in [0.05, 0.1) is 0 Å². The molecule has 0 aliphatic heterocycles. The van der Waals surface area contributed by atoms with E-state index in [0.717, 1.165) is 24.8 Å². The molecule has 0 heterocycles. The van der Waals surface area contributed by atoms with Crippen LogP contribution in [0, 0.1) is 3.57 Å². The molecule has 3 N–H and O–H groups in total. The topological polar surface area (TPSA) is 55.1 Å². The lowest BCUT2D eigenvalue weighted by Gasteiger charge is -2.13. The highest BCUT2D eigenvalue weighted by atomic mass is 127. The molecule has 1 unspecified atom stereocenters. The second-order valence-corrected chi connectivity index (χ2v) is 6.90. The van der Waals surface area contributed by atoms with Gasteiger partial charge in [-0.2, -0.15) is 0 Å². The number of benzene rings is 2. The van der Waals surface area contributed by atoms with Crippen LogP contribution in [0.1, 0.15) is 36.4 Å². The Hall–Kier alpha value is -1.40. The molecule has 0 aliphatic carbocycles. The van der Waals surface area contributed by atoms with Gasteiger partial charge in [0.1, 0.15) is 0 Å². The van der Waals surface area contributed by atoms with Crippen molar-refractivity contribution in [3.63, 3.8) is 0 Å². The number of hydrogen-bond donors (Lipinski definition) is 2. The van der Waals surface area contributed by atoms with Crippen molar-refractivity contribution in [2.75, 3.05) is 6.54 Å². The molecular formula is C19H23IN2O. The normalized spacial score (nSPS) is 11.9. The van der Waals surface area contributed by atoms with Gasteiger partial charge in [-0.05, 0) is 65.1 Å². The first-order valence-corrected chi connectivity index (χ1v) is 9.04. The lowest BCUT2D eigenvalue weighted by molar-refractivity contribution is -0.121. The van der Waals surface area contributed by atoms with Crippen molar-refractivity contribution in [2.45, 2.75) is 31.7 Å². The number of hydrogen-bond acceptors (Lipinski definition) is 2. The molecule has 2 rings (SSSR count). The highest BCUT2D eigenvalue weighted by Gasteiger charge is 2.07. The van der Waals surface area contributed by atoms with E-state index in [1.165, 1.54) is 9.13 Å². The average molecular weight is 422 g/mol. The van der Waals surface area contributed by atoms with E-state index in [0.29, 0.717) is 13.0 Å². The molecule has 0 saturated carbocycles. The van der Waals surface area contributed by atoms with E-state index in [2.05, 4.69) is 52.2 Å². The van der Waals surface area contributed by atoms with Crippen molar-refractivity contribution in [3.05, 3.63) is 69.3 Å². The number of carbonyl (C=O) groups excluding carboxylic acids is 1. The summed E-state index contributed by atoms with van der Waals surface area (Å²) in [6.07, 6.45) is 3.51. The second kappa shape index (κ2) is 9.67. The fourth-order valence-corrected chi connectivity index (χ4v) is 2.76. The zero-order valence-corrected chi connectivity index (χ0v) is 15.3. The zero-order chi connectivity index (χ0) is 16.5. The minimum atomic E-state index is -0.146. The summed E-state index contributed by atoms with van der Waals surface area (Å²) in [5.74, 6) is 0.0824. The maximum absolute atomic E-state index is 11.9. The van der Waals surface area contributed by atoms with Gasteiger partial charge in [0, 0.05) is 22.6 Å². The number of carbonyl (C=O) groups is 1. The molecule has 4 heteroatoms. The molecule has 3 nitrogen and oxygen atoms in total. The van der Waals surface area contributed by atoms with Gasteiger partial charge in [0.15, 0.2) is 0 Å². The number of amides is 1. The fraction of sp³-hybridized carbons (Fsp3) is 0.316. The summed E-state index contributed by atoms with van der Waals surface area (Å²) in [6.45, 7) is 0.486. The number of rotatable bonds is 8. The van der Waals surface area contributed by atoms with Gasteiger partial charge in [-0.3, -0.25) is 4.79 Å². The first-order chi connectivity index (χ1) is 11.1. The zero-order valence-electron chi connectivity index (χ0n) is 13.2. The quantitative estimate of drug-likeness (QED) is 0.502. The van der Waals surface area contributed by atoms with Crippen LogP contribution < -0.4 is 11.1 Å². The van der Waals surface area contributed by atoms with Gasteiger partial charge in [0.2, 0.25) is 5.91 Å². The van der Waals surface area contributed by atoms with E-state index in [4.69, 9.17) is 5.73 Å². The summed E-state index contributed by atoms with van der Waals surface area (Å²) in [4.78, 5) is 11.9. The van der Waals surface area contributed by atoms with Crippen LogP contribution in [0.25, 0.3) is 0 Å². The molecule has 1 amide bonds. The Morgan fingerprint density at radius 3 is 2.43 bits per heavy atom. The summed E-state index contributed by atoms with van der Waals surface area (Å²) in [5.41, 5.74) is 8.45. The number of aryl methyl sites for hydroxylation is 1. The van der Waals surface area contributed by atoms with Crippen LogP contribution in [0.15, 0.2) is 54.6 Å². The van der Waals surface area contributed by atoms with Gasteiger partial charge in [-0.15, -0.1) is 0 Å². The van der Waals surface area contributed by atoms with Crippen molar-refractivity contribution in [1.82, 2.24) is 5.32 Å². The molecule has 0 radical (unpaired) electrons. The molecule has 2 aromatic carbocycles. The van der Waals surface area contributed by atoms with Crippen LogP contribution in [-0.4, -0.2) is 12.5 Å². The Kier molecular flexibility index (Phi) is 7.55. The molecule has 0 bridgehead atoms. The molecule has 0 saturated heterocycles. The van der Waals surface area contributed by atoms with Crippen LogP contribution in [0.5, 0.6) is 0 Å². The third-order valence-corrected chi connectivity index (χ3v) is 4.50. The lowest BCUT2D eigenvalue weighted by atomic mass is 10.1. The van der Waals surface area contributed by atoms with Crippen molar-refractivity contribution in [1.29, 1.82) is 0 Å². The van der Waals surface area contributed by atoms with E-state index >= 15 is 0 Å². The SMILES string of the molecule is NC(CNC(=O)CCCCc1ccc(I)cc1)c1ccccc1. The Labute approximate surface area is 151 Å². The minimum absolute atomic E-state index is 0.0824. The number of nitrogens with two attached hydrogens (primary N) is 1. The fourth-order valence-electron chi connectivity index (χ4n) is 2.40. The van der Waals surface area contributed by atoms with Crippen LogP contribution >= 0.6 is 22.6 Å². The predicted octanol–water partition coefficient (Wildman–Crippen LogP) is 3.82. The monoisotopic (exact) mass is 422 g/mol. The van der Waals surface area contributed by atoms with Crippen LogP contribution in [0.3, 0.4) is 0 Å². The third-order valence-electron chi connectivity index (χ3n) is 3.78. The van der Waals surface area contributed by atoms with Crippen LogP contribution in [-0.2, 0) is 11.2 Å². The Balaban J connectivity index is 1.61. The van der Waals surface area contributed by atoms with Crippen molar-refractivity contribution < 1.29 is 4.79 Å². The van der Waals surface area contributed by atoms with E-state index < -0.39 is 0 Å². The summed E-state index contributed by atoms with van der Waals surface area (Å²) >= 11 is 2.31. The molecule has 0 aromatic heterocycles. The van der Waals surface area contributed by atoms with Crippen molar-refractivity contribution in [3.8, 4) is 0 Å². The molecular weight excluding hydrogens is 399 g/mol. The van der Waals surface area contributed by atoms with Gasteiger partial charge in [0.25, 0.3) is 0 Å². The largest absolute Gasteiger partial charge is 0.354 e. The molecule has 1 atom stereocenters. The molecule has 0 aliphatic rings. The van der Waals surface area contributed by atoms with Crippen molar-refractivity contribution >= 4 is 28.5 Å². The molecule has 0 spiro atoms. The summed E-state index contributed by atoms with van der Waals surface area (Å²) in [7, 11) is 0. The maximum Gasteiger partial charge on any atom is 0.220 e. The lowest BCUT2D eigenvalue weighted by Crippen LogP contribution is -2.31. The van der Waals surface area contributed by atoms with Gasteiger partial charge in [-0.1, -0.05) is 42.5 Å². The smallest absolute Gasteiger partial charge is 0.220 e. The Bertz CT molecular complexity index is 599. The molecule has 23 heavy (non-hydrogen) atoms. The van der Waals surface area contributed by atoms with E-state index in [1.807, 2.05) is 30.3 Å². The van der Waals surface area contributed by atoms with Crippen molar-refractivity contribution in [2.24, 2.45) is 5.73 Å². The number of halogens is 1. The van der Waals surface area contributed by atoms with E-state index in [1.54, 1.807) is 0 Å². The van der Waals surface area contributed by atoms with E-state index in [-0.39, 0.29) is 11.9 Å². The molecule has 2 aromatic rings. The minimum Gasteiger partial charge on any atom is -0.354 e. The summed E-state index contributed by atoms with van der Waals surface area (Å²) in [6, 6.07) is 18.2. The predicted molar refractivity (Wildman–Crippen MR) is 103 cm³/mol. The van der Waals surface area contributed by atoms with Gasteiger partial charge < -0.3 is 11.1 Å². The van der Waals surface area contributed by atoms with E-state index in [9.17, 15) is 4.79 Å². The Morgan fingerprint density at radius 2 is 1.74 bits per heavy atom. The first-order valence-electron chi connectivity index (χ1n) is 7.97. The highest BCUT2D eigenvalue weighted by Crippen LogP contribution is 2.11. The highest BCUT2D eigenvalue weighted by molar-refractivity contribution is 14.1. The standard InChI is InChI=1S/C19H23IN2O/c20-17-12-10-15(11-13-17)6-4-5-9-19(23)22-14-18(21)16-7-2-1-3-8-16/h1-3,7-8,10-13,18H,4-6,9,14,21H2,(H,22,23). The average Bonchev–Trinajstić information content (AvgIpc) is 2.59. The third kappa shape index (κ3) is 6.71. The molecule has 122 valence electrons. The second-order valence-electron chi connectivity index (χ2n) is 5.65. The van der Waals surface area contributed by atoms with Crippen LogP contribution in [0.4, 0.5) is 0 Å². The summed E-state index contributed by atoms with van der Waals surface area (Å²) < 4.78 is 1.25. The van der Waals surface area contributed by atoms with Gasteiger partial charge in [-0.25, -0.2) is 0 Å². The molecule has 0 fully saturated rings. The van der Waals surface area contributed by atoms with Gasteiger partial charge >= 0.3 is 0 Å². The first kappa shape index (κ1) is 17.9. The number of unbranched alkanes of at least 4 members (excludes halogenated alkanes) is 1. The maximum atomic E-state index is 11.9. The number of nitrogens with one attached hydrogen (secondary N) is 1. The summed E-state index contributed by atoms with van der Waals surface area (Å²) in [5, 5.41) is 2.92. The van der Waals surface area contributed by atoms with Crippen LogP contribution in [0.2, 0.25) is 0 Å².